The number of hydrogen-bond donors (Lipinski definition) is 0. The Morgan fingerprint density at radius 2 is 1.86 bits per heavy atom. The molecule has 0 radical (unpaired) electrons. The van der Waals surface area contributed by atoms with Crippen molar-refractivity contribution in [1.29, 1.82) is 0 Å². The zero-order valence-corrected chi connectivity index (χ0v) is 10.5. The lowest BCUT2D eigenvalue weighted by Gasteiger charge is -2.02. The standard InChI is InChI=1S/C11H12Cl2S/c1-8(2)11(13)7-14-10-5-3-9(12)4-6-10/h3-8H,1-2H3/b11-7+. The maximum Gasteiger partial charge on any atom is 0.0406 e. The van der Waals surface area contributed by atoms with Crippen LogP contribution in [-0.2, 0) is 0 Å². The molecule has 0 aliphatic carbocycles. The van der Waals surface area contributed by atoms with E-state index >= 15 is 0 Å². The van der Waals surface area contributed by atoms with Crippen LogP contribution in [-0.4, -0.2) is 0 Å². The molecule has 0 amide bonds. The second kappa shape index (κ2) is 5.69. The molecule has 1 rings (SSSR count). The summed E-state index contributed by atoms with van der Waals surface area (Å²) in [6.07, 6.45) is 0. The third-order valence-corrected chi connectivity index (χ3v) is 3.52. The van der Waals surface area contributed by atoms with Crippen LogP contribution in [0.2, 0.25) is 5.02 Å². The largest absolute Gasteiger partial charge is 0.0969 e. The molecule has 0 aliphatic heterocycles. The van der Waals surface area contributed by atoms with Crippen molar-refractivity contribution in [3.05, 3.63) is 39.7 Å². The van der Waals surface area contributed by atoms with E-state index in [0.29, 0.717) is 5.92 Å². The van der Waals surface area contributed by atoms with Gasteiger partial charge in [-0.15, -0.1) is 0 Å². The minimum absolute atomic E-state index is 0.386. The number of rotatable bonds is 3. The Balaban J connectivity index is 2.62. The average molecular weight is 247 g/mol. The van der Waals surface area contributed by atoms with Gasteiger partial charge in [0.05, 0.1) is 0 Å². The molecule has 76 valence electrons. The lowest BCUT2D eigenvalue weighted by molar-refractivity contribution is 0.815. The van der Waals surface area contributed by atoms with Gasteiger partial charge in [0.25, 0.3) is 0 Å². The quantitative estimate of drug-likeness (QED) is 0.664. The fraction of sp³-hybridized carbons (Fsp3) is 0.273. The van der Waals surface area contributed by atoms with Crippen molar-refractivity contribution in [3.8, 4) is 0 Å². The van der Waals surface area contributed by atoms with Crippen molar-refractivity contribution in [1.82, 2.24) is 0 Å². The number of hydrogen-bond acceptors (Lipinski definition) is 1. The van der Waals surface area contributed by atoms with Crippen LogP contribution < -0.4 is 0 Å². The summed E-state index contributed by atoms with van der Waals surface area (Å²) >= 11 is 13.4. The molecule has 0 aliphatic rings. The second-order valence-electron chi connectivity index (χ2n) is 3.23. The lowest BCUT2D eigenvalue weighted by Crippen LogP contribution is -1.83. The van der Waals surface area contributed by atoms with Crippen molar-refractivity contribution >= 4 is 35.0 Å². The van der Waals surface area contributed by atoms with E-state index < -0.39 is 0 Å². The highest BCUT2D eigenvalue weighted by Crippen LogP contribution is 2.26. The molecule has 3 heteroatoms. The summed E-state index contributed by atoms with van der Waals surface area (Å²) in [5, 5.41) is 3.60. The van der Waals surface area contributed by atoms with E-state index in [1.807, 2.05) is 29.7 Å². The van der Waals surface area contributed by atoms with E-state index in [0.717, 1.165) is 15.0 Å². The highest BCUT2D eigenvalue weighted by molar-refractivity contribution is 8.02. The molecule has 0 fully saturated rings. The topological polar surface area (TPSA) is 0 Å². The Bertz CT molecular complexity index is 315. The van der Waals surface area contributed by atoms with Crippen LogP contribution in [0.5, 0.6) is 0 Å². The number of benzene rings is 1. The van der Waals surface area contributed by atoms with Gasteiger partial charge in [0.2, 0.25) is 0 Å². The van der Waals surface area contributed by atoms with E-state index in [-0.39, 0.29) is 0 Å². The summed E-state index contributed by atoms with van der Waals surface area (Å²) in [5.41, 5.74) is 0. The lowest BCUT2D eigenvalue weighted by atomic mass is 10.2. The van der Waals surface area contributed by atoms with E-state index in [4.69, 9.17) is 23.2 Å². The highest BCUT2D eigenvalue weighted by Gasteiger charge is 1.98. The first-order valence-electron chi connectivity index (χ1n) is 4.37. The molecule has 0 atom stereocenters. The van der Waals surface area contributed by atoms with Gasteiger partial charge in [-0.3, -0.25) is 0 Å². The van der Waals surface area contributed by atoms with Gasteiger partial charge >= 0.3 is 0 Å². The molecule has 0 bridgehead atoms. The molecule has 0 saturated heterocycles. The number of halogens is 2. The fourth-order valence-electron chi connectivity index (χ4n) is 0.774. The highest BCUT2D eigenvalue weighted by atomic mass is 35.5. The summed E-state index contributed by atoms with van der Waals surface area (Å²) in [7, 11) is 0. The predicted octanol–water partition coefficient (Wildman–Crippen LogP) is 5.17. The maximum atomic E-state index is 6.01. The zero-order valence-electron chi connectivity index (χ0n) is 8.13. The van der Waals surface area contributed by atoms with E-state index in [1.54, 1.807) is 11.8 Å². The first-order chi connectivity index (χ1) is 6.59. The minimum Gasteiger partial charge on any atom is -0.0969 e. The number of thioether (sulfide) groups is 1. The molecule has 0 spiro atoms. The third-order valence-electron chi connectivity index (χ3n) is 1.67. The molecule has 1 aromatic carbocycles. The fourth-order valence-corrected chi connectivity index (χ4v) is 1.85. The smallest absolute Gasteiger partial charge is 0.0406 e. The summed E-state index contributed by atoms with van der Waals surface area (Å²) in [5.74, 6) is 0.386. The van der Waals surface area contributed by atoms with E-state index in [2.05, 4.69) is 13.8 Å². The van der Waals surface area contributed by atoms with Crippen molar-refractivity contribution in [2.75, 3.05) is 0 Å². The summed E-state index contributed by atoms with van der Waals surface area (Å²) in [6.45, 7) is 4.14. The molecular weight excluding hydrogens is 235 g/mol. The maximum absolute atomic E-state index is 6.01. The molecule has 0 aromatic heterocycles. The molecule has 0 nitrogen and oxygen atoms in total. The molecule has 1 aromatic rings. The molecule has 0 saturated carbocycles. The predicted molar refractivity (Wildman–Crippen MR) is 66.1 cm³/mol. The summed E-state index contributed by atoms with van der Waals surface area (Å²) < 4.78 is 0. The summed E-state index contributed by atoms with van der Waals surface area (Å²) in [6, 6.07) is 7.71. The van der Waals surface area contributed by atoms with Gasteiger partial charge in [-0.05, 0) is 35.6 Å². The van der Waals surface area contributed by atoms with Crippen LogP contribution >= 0.6 is 35.0 Å². The Kier molecular flexibility index (Phi) is 4.86. The molecule has 14 heavy (non-hydrogen) atoms. The van der Waals surface area contributed by atoms with Crippen LogP contribution in [0.15, 0.2) is 39.6 Å². The minimum atomic E-state index is 0.386. The van der Waals surface area contributed by atoms with Crippen molar-refractivity contribution in [2.45, 2.75) is 18.7 Å². The van der Waals surface area contributed by atoms with Gasteiger partial charge in [0.15, 0.2) is 0 Å². The van der Waals surface area contributed by atoms with Crippen LogP contribution in [0.1, 0.15) is 13.8 Å². The zero-order chi connectivity index (χ0) is 10.6. The van der Waals surface area contributed by atoms with Crippen molar-refractivity contribution < 1.29 is 0 Å². The van der Waals surface area contributed by atoms with Crippen LogP contribution in [0, 0.1) is 5.92 Å². The van der Waals surface area contributed by atoms with Crippen molar-refractivity contribution in [2.24, 2.45) is 5.92 Å². The first kappa shape index (κ1) is 12.0. The van der Waals surface area contributed by atoms with Crippen molar-refractivity contribution in [3.63, 3.8) is 0 Å². The molecular formula is C11H12Cl2S. The Morgan fingerprint density at radius 3 is 2.36 bits per heavy atom. The second-order valence-corrected chi connectivity index (χ2v) is 5.04. The van der Waals surface area contributed by atoms with Crippen LogP contribution in [0.3, 0.4) is 0 Å². The van der Waals surface area contributed by atoms with Gasteiger partial charge in [0, 0.05) is 15.0 Å². The van der Waals surface area contributed by atoms with Crippen LogP contribution in [0.4, 0.5) is 0 Å². The molecule has 0 unspecified atom stereocenters. The molecule has 0 heterocycles. The average Bonchev–Trinajstić information content (AvgIpc) is 2.16. The van der Waals surface area contributed by atoms with Gasteiger partial charge in [-0.2, -0.15) is 0 Å². The molecule has 0 N–H and O–H groups in total. The Morgan fingerprint density at radius 1 is 1.29 bits per heavy atom. The Hall–Kier alpha value is -0.110. The van der Waals surface area contributed by atoms with Crippen LogP contribution in [0.25, 0.3) is 0 Å². The Labute approximate surface area is 99.3 Å². The third kappa shape index (κ3) is 3.95. The normalized spacial score (nSPS) is 12.2. The van der Waals surface area contributed by atoms with Gasteiger partial charge in [-0.25, -0.2) is 0 Å². The monoisotopic (exact) mass is 246 g/mol. The van der Waals surface area contributed by atoms with Gasteiger partial charge in [-0.1, -0.05) is 48.8 Å². The van der Waals surface area contributed by atoms with Gasteiger partial charge < -0.3 is 0 Å². The summed E-state index contributed by atoms with van der Waals surface area (Å²) in [4.78, 5) is 1.15. The first-order valence-corrected chi connectivity index (χ1v) is 6.01. The SMILES string of the molecule is CC(C)/C(Cl)=C\Sc1ccc(Cl)cc1. The number of allylic oxidation sites excluding steroid dienone is 1. The van der Waals surface area contributed by atoms with Gasteiger partial charge in [0.1, 0.15) is 0 Å². The van der Waals surface area contributed by atoms with E-state index in [9.17, 15) is 0 Å². The van der Waals surface area contributed by atoms with E-state index in [1.165, 1.54) is 0 Å².